The van der Waals surface area contributed by atoms with Gasteiger partial charge in [0.2, 0.25) is 0 Å². The molecule has 212 valence electrons. The lowest BCUT2D eigenvalue weighted by atomic mass is 10.0. The van der Waals surface area contributed by atoms with Gasteiger partial charge in [-0.25, -0.2) is 4.79 Å². The van der Waals surface area contributed by atoms with Gasteiger partial charge in [-0.2, -0.15) is 0 Å². The zero-order valence-electron chi connectivity index (χ0n) is 22.7. The zero-order chi connectivity index (χ0) is 29.1. The summed E-state index contributed by atoms with van der Waals surface area (Å²) < 4.78 is 6.51. The second-order valence-corrected chi connectivity index (χ2v) is 9.21. The highest BCUT2D eigenvalue weighted by atomic mass is 16.5. The monoisotopic (exact) mass is 549 g/mol. The molecule has 4 N–H and O–H groups in total. The van der Waals surface area contributed by atoms with Crippen molar-refractivity contribution >= 4 is 29.3 Å². The molecule has 1 heterocycles. The van der Waals surface area contributed by atoms with Crippen LogP contribution in [0.5, 0.6) is 0 Å². The molecule has 3 rings (SSSR count). The van der Waals surface area contributed by atoms with E-state index in [9.17, 15) is 24.0 Å². The van der Waals surface area contributed by atoms with Crippen molar-refractivity contribution in [2.24, 2.45) is 0 Å². The van der Waals surface area contributed by atoms with E-state index in [4.69, 9.17) is 10.5 Å². The number of nitrogen functional groups attached to an aromatic ring is 1. The van der Waals surface area contributed by atoms with E-state index in [0.29, 0.717) is 24.0 Å². The molecule has 11 nitrogen and oxygen atoms in total. The summed E-state index contributed by atoms with van der Waals surface area (Å²) in [5.74, 6) is -1.87. The minimum atomic E-state index is -0.793. The maximum Gasteiger partial charge on any atom is 0.330 e. The lowest BCUT2D eigenvalue weighted by Gasteiger charge is -2.24. The number of hydrogen-bond acceptors (Lipinski definition) is 7. The number of hydrogen-bond donors (Lipinski definition) is 3. The summed E-state index contributed by atoms with van der Waals surface area (Å²) in [5.41, 5.74) is 5.68. The smallest absolute Gasteiger partial charge is 0.330 e. The standard InChI is InChI=1S/C29H35N5O6/c1-3-5-17-33(25-26(30)34(16-4-2)29(39)32-28(25)38)23(35)19-40-24(36)18-22(20-12-8-6-9-13-20)31-27(37)21-14-10-7-11-15-21/h6-15,22H,3-5,16-19,30H2,1-2H3,(H,31,37)(H,32,38,39). The molecule has 1 atom stereocenters. The predicted molar refractivity (Wildman–Crippen MR) is 152 cm³/mol. The molecule has 0 aliphatic carbocycles. The third kappa shape index (κ3) is 7.68. The van der Waals surface area contributed by atoms with Gasteiger partial charge in [0.25, 0.3) is 17.4 Å². The second kappa shape index (κ2) is 14.5. The molecule has 3 aromatic rings. The molecular weight excluding hydrogens is 514 g/mol. The maximum atomic E-state index is 13.2. The van der Waals surface area contributed by atoms with E-state index < -0.39 is 35.8 Å². The fraction of sp³-hybridized carbons (Fsp3) is 0.345. The van der Waals surface area contributed by atoms with Crippen LogP contribution in [0.2, 0.25) is 0 Å². The number of nitrogens with one attached hydrogen (secondary N) is 2. The Morgan fingerprint density at radius 3 is 2.27 bits per heavy atom. The van der Waals surface area contributed by atoms with Crippen molar-refractivity contribution in [3.8, 4) is 0 Å². The highest BCUT2D eigenvalue weighted by molar-refractivity contribution is 5.97. The minimum Gasteiger partial charge on any atom is -0.455 e. The van der Waals surface area contributed by atoms with Crippen LogP contribution in [0.1, 0.15) is 61.5 Å². The van der Waals surface area contributed by atoms with Crippen LogP contribution in [0, 0.1) is 0 Å². The molecule has 0 radical (unpaired) electrons. The van der Waals surface area contributed by atoms with Gasteiger partial charge < -0.3 is 20.7 Å². The number of unbranched alkanes of at least 4 members (excludes halogenated alkanes) is 1. The van der Waals surface area contributed by atoms with E-state index >= 15 is 0 Å². The van der Waals surface area contributed by atoms with Gasteiger partial charge in [-0.15, -0.1) is 0 Å². The van der Waals surface area contributed by atoms with E-state index in [1.807, 2.05) is 19.9 Å². The molecule has 0 saturated heterocycles. The quantitative estimate of drug-likeness (QED) is 0.277. The molecule has 0 fully saturated rings. The van der Waals surface area contributed by atoms with Crippen LogP contribution >= 0.6 is 0 Å². The predicted octanol–water partition coefficient (Wildman–Crippen LogP) is 2.77. The SMILES string of the molecule is CCCCN(C(=O)COC(=O)CC(NC(=O)c1ccccc1)c1ccccc1)c1c(N)n(CCC)c(=O)[nH]c1=O. The number of aromatic nitrogens is 2. The Hall–Kier alpha value is -4.67. The van der Waals surface area contributed by atoms with Gasteiger partial charge in [-0.3, -0.25) is 28.7 Å². The number of anilines is 2. The molecule has 40 heavy (non-hydrogen) atoms. The number of nitrogens with two attached hydrogens (primary N) is 1. The first kappa shape index (κ1) is 29.9. The Labute approximate surface area is 232 Å². The Balaban J connectivity index is 1.76. The van der Waals surface area contributed by atoms with E-state index in [1.165, 1.54) is 4.57 Å². The van der Waals surface area contributed by atoms with Gasteiger partial charge in [0, 0.05) is 18.7 Å². The summed E-state index contributed by atoms with van der Waals surface area (Å²) in [6, 6.07) is 16.8. The molecular formula is C29H35N5O6. The summed E-state index contributed by atoms with van der Waals surface area (Å²) >= 11 is 0. The van der Waals surface area contributed by atoms with E-state index in [2.05, 4.69) is 10.3 Å². The summed E-state index contributed by atoms with van der Waals surface area (Å²) in [6.07, 6.45) is 1.62. The van der Waals surface area contributed by atoms with Crippen molar-refractivity contribution in [2.45, 2.75) is 52.1 Å². The molecule has 0 aliphatic heterocycles. The van der Waals surface area contributed by atoms with Gasteiger partial charge in [-0.05, 0) is 30.5 Å². The van der Waals surface area contributed by atoms with Gasteiger partial charge in [0.1, 0.15) is 5.82 Å². The molecule has 11 heteroatoms. The summed E-state index contributed by atoms with van der Waals surface area (Å²) in [5, 5.41) is 2.85. The zero-order valence-corrected chi connectivity index (χ0v) is 22.7. The summed E-state index contributed by atoms with van der Waals surface area (Å²) in [6.45, 7) is 3.52. The van der Waals surface area contributed by atoms with Crippen LogP contribution < -0.4 is 27.2 Å². The Bertz CT molecular complexity index is 1420. The number of rotatable bonds is 13. The normalized spacial score (nSPS) is 11.4. The number of H-pyrrole nitrogens is 1. The topological polar surface area (TPSA) is 157 Å². The number of amides is 2. The number of esters is 1. The Kier molecular flexibility index (Phi) is 10.8. The number of carbonyl (C=O) groups excluding carboxylic acids is 3. The van der Waals surface area contributed by atoms with Gasteiger partial charge in [0.15, 0.2) is 12.3 Å². The van der Waals surface area contributed by atoms with E-state index in [0.717, 1.165) is 11.3 Å². The molecule has 0 saturated carbocycles. The van der Waals surface area contributed by atoms with E-state index in [-0.39, 0.29) is 36.9 Å². The first-order valence-corrected chi connectivity index (χ1v) is 13.3. The van der Waals surface area contributed by atoms with Crippen molar-refractivity contribution in [1.29, 1.82) is 0 Å². The lowest BCUT2D eigenvalue weighted by molar-refractivity contribution is -0.148. The molecule has 0 aliphatic rings. The number of carbonyl (C=O) groups is 3. The third-order valence-corrected chi connectivity index (χ3v) is 6.24. The van der Waals surface area contributed by atoms with Crippen molar-refractivity contribution in [3.05, 3.63) is 92.6 Å². The molecule has 0 bridgehead atoms. The van der Waals surface area contributed by atoms with E-state index in [1.54, 1.807) is 54.6 Å². The summed E-state index contributed by atoms with van der Waals surface area (Å²) in [4.78, 5) is 67.2. The maximum absolute atomic E-state index is 13.2. The first-order chi connectivity index (χ1) is 19.3. The Morgan fingerprint density at radius 2 is 1.65 bits per heavy atom. The van der Waals surface area contributed by atoms with Crippen LogP contribution in [0.3, 0.4) is 0 Å². The highest BCUT2D eigenvalue weighted by Gasteiger charge is 2.26. The number of nitrogens with zero attached hydrogens (tertiary/aromatic N) is 2. The third-order valence-electron chi connectivity index (χ3n) is 6.24. The van der Waals surface area contributed by atoms with Crippen LogP contribution in [-0.2, 0) is 20.9 Å². The molecule has 2 amide bonds. The average Bonchev–Trinajstić information content (AvgIpc) is 2.96. The van der Waals surface area contributed by atoms with Crippen molar-refractivity contribution in [2.75, 3.05) is 23.8 Å². The fourth-order valence-corrected chi connectivity index (χ4v) is 4.18. The lowest BCUT2D eigenvalue weighted by Crippen LogP contribution is -2.43. The summed E-state index contributed by atoms with van der Waals surface area (Å²) in [7, 11) is 0. The first-order valence-electron chi connectivity index (χ1n) is 13.3. The van der Waals surface area contributed by atoms with Crippen molar-refractivity contribution < 1.29 is 19.1 Å². The number of aromatic amines is 1. The minimum absolute atomic E-state index is 0.126. The number of ether oxygens (including phenoxy) is 1. The van der Waals surface area contributed by atoms with Crippen LogP contribution in [0.4, 0.5) is 11.5 Å². The largest absolute Gasteiger partial charge is 0.455 e. The fourth-order valence-electron chi connectivity index (χ4n) is 4.18. The average molecular weight is 550 g/mol. The second-order valence-electron chi connectivity index (χ2n) is 9.21. The Morgan fingerprint density at radius 1 is 1.00 bits per heavy atom. The number of benzene rings is 2. The van der Waals surface area contributed by atoms with Crippen molar-refractivity contribution in [1.82, 2.24) is 14.9 Å². The molecule has 0 spiro atoms. The van der Waals surface area contributed by atoms with Crippen molar-refractivity contribution in [3.63, 3.8) is 0 Å². The molecule has 1 unspecified atom stereocenters. The van der Waals surface area contributed by atoms with Crippen LogP contribution in [0.25, 0.3) is 0 Å². The highest BCUT2D eigenvalue weighted by Crippen LogP contribution is 2.20. The van der Waals surface area contributed by atoms with Gasteiger partial charge in [0.05, 0.1) is 12.5 Å². The molecule has 1 aromatic heterocycles. The van der Waals surface area contributed by atoms with Crippen LogP contribution in [0.15, 0.2) is 70.3 Å². The van der Waals surface area contributed by atoms with Gasteiger partial charge >= 0.3 is 11.7 Å². The van der Waals surface area contributed by atoms with Gasteiger partial charge in [-0.1, -0.05) is 68.8 Å². The molecule has 2 aromatic carbocycles. The van der Waals surface area contributed by atoms with Crippen LogP contribution in [-0.4, -0.2) is 40.5 Å².